The normalized spacial score (nSPS) is 48.4. The van der Waals surface area contributed by atoms with E-state index in [0.717, 1.165) is 18.7 Å². The molecule has 1 aliphatic heterocycles. The third-order valence-electron chi connectivity index (χ3n) is 3.25. The summed E-state index contributed by atoms with van der Waals surface area (Å²) in [5.74, 6) is 1.40. The quantitative estimate of drug-likeness (QED) is 0.534. The van der Waals surface area contributed by atoms with Crippen molar-refractivity contribution in [1.29, 1.82) is 0 Å². The Morgan fingerprint density at radius 2 is 2.30 bits per heavy atom. The minimum absolute atomic E-state index is 0.153. The van der Waals surface area contributed by atoms with Crippen molar-refractivity contribution in [3.8, 4) is 0 Å². The summed E-state index contributed by atoms with van der Waals surface area (Å²) in [7, 11) is 0. The van der Waals surface area contributed by atoms with Crippen molar-refractivity contribution in [2.75, 3.05) is 6.54 Å². The van der Waals surface area contributed by atoms with Gasteiger partial charge in [-0.25, -0.2) is 0 Å². The smallest absolute Gasteiger partial charge is 0.137 e. The van der Waals surface area contributed by atoms with Gasteiger partial charge in [0.1, 0.15) is 6.29 Å². The SMILES string of the molecule is CC1(C)[C@@H]2[C@H]1CN[C@@H]2C=O. The van der Waals surface area contributed by atoms with Crippen LogP contribution in [0.25, 0.3) is 0 Å². The highest BCUT2D eigenvalue weighted by molar-refractivity contribution is 5.61. The zero-order chi connectivity index (χ0) is 7.35. The van der Waals surface area contributed by atoms with Gasteiger partial charge < -0.3 is 10.1 Å². The van der Waals surface area contributed by atoms with Crippen LogP contribution in [0.15, 0.2) is 0 Å². The highest BCUT2D eigenvalue weighted by Gasteiger charge is 2.63. The molecule has 2 rings (SSSR count). The Balaban J connectivity index is 2.13. The van der Waals surface area contributed by atoms with E-state index in [2.05, 4.69) is 19.2 Å². The average Bonchev–Trinajstić information content (AvgIpc) is 2.28. The third-order valence-corrected chi connectivity index (χ3v) is 3.25. The molecular formula is C8H13NO. The highest BCUT2D eigenvalue weighted by atomic mass is 16.1. The molecule has 1 heterocycles. The Hall–Kier alpha value is -0.370. The van der Waals surface area contributed by atoms with Crippen LogP contribution in [0.3, 0.4) is 0 Å². The molecule has 0 aromatic carbocycles. The van der Waals surface area contributed by atoms with E-state index in [1.54, 1.807) is 0 Å². The van der Waals surface area contributed by atoms with Crippen LogP contribution in [-0.4, -0.2) is 18.9 Å². The van der Waals surface area contributed by atoms with Crippen LogP contribution in [0.2, 0.25) is 0 Å². The van der Waals surface area contributed by atoms with Crippen molar-refractivity contribution in [3.63, 3.8) is 0 Å². The van der Waals surface area contributed by atoms with E-state index in [-0.39, 0.29) is 6.04 Å². The summed E-state index contributed by atoms with van der Waals surface area (Å²) in [5, 5.41) is 3.19. The van der Waals surface area contributed by atoms with Gasteiger partial charge in [-0.15, -0.1) is 0 Å². The van der Waals surface area contributed by atoms with Crippen molar-refractivity contribution in [1.82, 2.24) is 5.32 Å². The zero-order valence-electron chi connectivity index (χ0n) is 6.42. The molecule has 1 aliphatic carbocycles. The van der Waals surface area contributed by atoms with Gasteiger partial charge in [0.25, 0.3) is 0 Å². The Morgan fingerprint density at radius 3 is 2.60 bits per heavy atom. The molecule has 0 radical (unpaired) electrons. The van der Waals surface area contributed by atoms with Gasteiger partial charge in [0.05, 0.1) is 6.04 Å². The van der Waals surface area contributed by atoms with E-state index < -0.39 is 0 Å². The molecule has 0 amide bonds. The molecule has 2 fully saturated rings. The van der Waals surface area contributed by atoms with Gasteiger partial charge in [-0.05, 0) is 23.8 Å². The van der Waals surface area contributed by atoms with Crippen LogP contribution >= 0.6 is 0 Å². The molecule has 1 N–H and O–H groups in total. The molecule has 0 aromatic rings. The second kappa shape index (κ2) is 1.62. The van der Waals surface area contributed by atoms with Gasteiger partial charge in [0.15, 0.2) is 0 Å². The van der Waals surface area contributed by atoms with Crippen LogP contribution in [0.1, 0.15) is 13.8 Å². The molecule has 1 saturated heterocycles. The van der Waals surface area contributed by atoms with Crippen LogP contribution in [0, 0.1) is 17.3 Å². The molecule has 0 aromatic heterocycles. The number of nitrogens with one attached hydrogen (secondary N) is 1. The lowest BCUT2D eigenvalue weighted by Gasteiger charge is -2.12. The summed E-state index contributed by atoms with van der Waals surface area (Å²) in [5.41, 5.74) is 0.441. The topological polar surface area (TPSA) is 29.1 Å². The number of carbonyl (C=O) groups is 1. The maximum atomic E-state index is 10.5. The van der Waals surface area contributed by atoms with Crippen LogP contribution in [0.4, 0.5) is 0 Å². The van der Waals surface area contributed by atoms with E-state index in [9.17, 15) is 4.79 Å². The van der Waals surface area contributed by atoms with E-state index in [1.807, 2.05) is 0 Å². The first-order chi connectivity index (χ1) is 4.68. The number of fused-ring (bicyclic) bond motifs is 1. The predicted molar refractivity (Wildman–Crippen MR) is 38.6 cm³/mol. The molecule has 0 unspecified atom stereocenters. The van der Waals surface area contributed by atoms with E-state index in [1.165, 1.54) is 0 Å². The predicted octanol–water partition coefficient (Wildman–Crippen LogP) is 0.429. The number of hydrogen-bond acceptors (Lipinski definition) is 2. The molecule has 0 bridgehead atoms. The monoisotopic (exact) mass is 139 g/mol. The summed E-state index contributed by atoms with van der Waals surface area (Å²) in [6.45, 7) is 5.54. The van der Waals surface area contributed by atoms with Crippen molar-refractivity contribution in [3.05, 3.63) is 0 Å². The van der Waals surface area contributed by atoms with Crippen molar-refractivity contribution in [2.24, 2.45) is 17.3 Å². The molecule has 56 valence electrons. The highest BCUT2D eigenvalue weighted by Crippen LogP contribution is 2.61. The average molecular weight is 139 g/mol. The molecule has 2 aliphatic rings. The Kier molecular flexibility index (Phi) is 1.03. The standard InChI is InChI=1S/C8H13NO/c1-8(2)5-3-9-6(4-10)7(5)8/h4-7,9H,3H2,1-2H3/t5-,6-,7-/m1/s1. The third kappa shape index (κ3) is 0.553. The lowest BCUT2D eigenvalue weighted by molar-refractivity contribution is -0.109. The second-order valence-corrected chi connectivity index (χ2v) is 4.02. The fraction of sp³-hybridized carbons (Fsp3) is 0.875. The molecule has 2 heteroatoms. The number of aldehydes is 1. The molecule has 10 heavy (non-hydrogen) atoms. The maximum Gasteiger partial charge on any atom is 0.137 e. The summed E-state index contributed by atoms with van der Waals surface area (Å²) in [4.78, 5) is 10.5. The molecule has 3 atom stereocenters. The number of hydrogen-bond donors (Lipinski definition) is 1. The van der Waals surface area contributed by atoms with Gasteiger partial charge in [0, 0.05) is 0 Å². The van der Waals surface area contributed by atoms with Crippen LogP contribution in [0.5, 0.6) is 0 Å². The van der Waals surface area contributed by atoms with Gasteiger partial charge in [-0.2, -0.15) is 0 Å². The molecule has 2 nitrogen and oxygen atoms in total. The molecule has 1 saturated carbocycles. The van der Waals surface area contributed by atoms with Crippen molar-refractivity contribution < 1.29 is 4.79 Å². The van der Waals surface area contributed by atoms with E-state index in [4.69, 9.17) is 0 Å². The largest absolute Gasteiger partial charge is 0.307 e. The summed E-state index contributed by atoms with van der Waals surface area (Å²) in [6, 6.07) is 0.153. The van der Waals surface area contributed by atoms with Crippen LogP contribution < -0.4 is 5.32 Å². The zero-order valence-corrected chi connectivity index (χ0v) is 6.42. The number of rotatable bonds is 1. The van der Waals surface area contributed by atoms with Crippen molar-refractivity contribution in [2.45, 2.75) is 19.9 Å². The first kappa shape index (κ1) is 6.35. The Morgan fingerprint density at radius 1 is 1.60 bits per heavy atom. The van der Waals surface area contributed by atoms with E-state index >= 15 is 0 Å². The molecular weight excluding hydrogens is 126 g/mol. The van der Waals surface area contributed by atoms with Gasteiger partial charge in [-0.3, -0.25) is 0 Å². The molecule has 0 spiro atoms. The van der Waals surface area contributed by atoms with E-state index in [0.29, 0.717) is 11.3 Å². The van der Waals surface area contributed by atoms with Crippen molar-refractivity contribution >= 4 is 6.29 Å². The minimum Gasteiger partial charge on any atom is -0.307 e. The number of piperidine rings is 1. The maximum absolute atomic E-state index is 10.5. The Labute approximate surface area is 61.0 Å². The van der Waals surface area contributed by atoms with Gasteiger partial charge in [0.2, 0.25) is 0 Å². The summed E-state index contributed by atoms with van der Waals surface area (Å²) >= 11 is 0. The fourth-order valence-electron chi connectivity index (χ4n) is 2.41. The minimum atomic E-state index is 0.153. The summed E-state index contributed by atoms with van der Waals surface area (Å²) in [6.07, 6.45) is 1.05. The lowest BCUT2D eigenvalue weighted by atomic mass is 10.0. The fourth-order valence-corrected chi connectivity index (χ4v) is 2.41. The second-order valence-electron chi connectivity index (χ2n) is 4.02. The Bertz CT molecular complexity index is 176. The first-order valence-corrected chi connectivity index (χ1v) is 3.86. The lowest BCUT2D eigenvalue weighted by Crippen LogP contribution is -2.31. The van der Waals surface area contributed by atoms with Gasteiger partial charge >= 0.3 is 0 Å². The summed E-state index contributed by atoms with van der Waals surface area (Å²) < 4.78 is 0. The van der Waals surface area contributed by atoms with Gasteiger partial charge in [-0.1, -0.05) is 13.8 Å². The number of carbonyl (C=O) groups excluding carboxylic acids is 1. The first-order valence-electron chi connectivity index (χ1n) is 3.86. The van der Waals surface area contributed by atoms with Crippen LogP contribution in [-0.2, 0) is 4.79 Å².